The van der Waals surface area contributed by atoms with E-state index in [1.54, 1.807) is 0 Å². The van der Waals surface area contributed by atoms with Crippen LogP contribution in [0.5, 0.6) is 0 Å². The summed E-state index contributed by atoms with van der Waals surface area (Å²) in [6.07, 6.45) is 9.45. The molecule has 1 aliphatic carbocycles. The SMILES string of the molecule is CC1CCCC(C=CCO)C1. The maximum Gasteiger partial charge on any atom is 0.0612 e. The van der Waals surface area contributed by atoms with E-state index in [0.29, 0.717) is 0 Å². The van der Waals surface area contributed by atoms with E-state index in [1.807, 2.05) is 6.08 Å². The van der Waals surface area contributed by atoms with E-state index >= 15 is 0 Å². The molecular formula is C10H18O. The van der Waals surface area contributed by atoms with E-state index in [1.165, 1.54) is 25.7 Å². The second kappa shape index (κ2) is 4.55. The number of hydrogen-bond donors (Lipinski definition) is 1. The zero-order valence-electron chi connectivity index (χ0n) is 7.29. The highest BCUT2D eigenvalue weighted by Crippen LogP contribution is 2.29. The Bertz CT molecular complexity index is 129. The number of aliphatic hydroxyl groups is 1. The average Bonchev–Trinajstić information content (AvgIpc) is 2.01. The Balaban J connectivity index is 2.28. The van der Waals surface area contributed by atoms with Crippen molar-refractivity contribution in [3.8, 4) is 0 Å². The van der Waals surface area contributed by atoms with Crippen molar-refractivity contribution in [2.75, 3.05) is 6.61 Å². The van der Waals surface area contributed by atoms with Gasteiger partial charge in [-0.05, 0) is 24.7 Å². The molecule has 0 saturated heterocycles. The van der Waals surface area contributed by atoms with Crippen LogP contribution in [0.15, 0.2) is 12.2 Å². The Labute approximate surface area is 69.1 Å². The van der Waals surface area contributed by atoms with Gasteiger partial charge in [0.05, 0.1) is 6.61 Å². The van der Waals surface area contributed by atoms with Gasteiger partial charge in [0.15, 0.2) is 0 Å². The van der Waals surface area contributed by atoms with Crippen molar-refractivity contribution in [1.29, 1.82) is 0 Å². The molecule has 11 heavy (non-hydrogen) atoms. The maximum atomic E-state index is 8.58. The highest BCUT2D eigenvalue weighted by molar-refractivity contribution is 4.90. The first-order chi connectivity index (χ1) is 5.33. The molecule has 0 aromatic rings. The summed E-state index contributed by atoms with van der Waals surface area (Å²) < 4.78 is 0. The summed E-state index contributed by atoms with van der Waals surface area (Å²) in [5.41, 5.74) is 0. The molecule has 0 spiro atoms. The number of allylic oxidation sites excluding steroid dienone is 1. The Kier molecular flexibility index (Phi) is 3.64. The first kappa shape index (κ1) is 8.79. The third-order valence-corrected chi connectivity index (χ3v) is 2.49. The molecule has 1 rings (SSSR count). The van der Waals surface area contributed by atoms with E-state index < -0.39 is 0 Å². The van der Waals surface area contributed by atoms with Crippen LogP contribution in [0, 0.1) is 11.8 Å². The molecule has 0 aromatic heterocycles. The minimum Gasteiger partial charge on any atom is -0.392 e. The summed E-state index contributed by atoms with van der Waals surface area (Å²) in [7, 11) is 0. The van der Waals surface area contributed by atoms with Crippen molar-refractivity contribution in [2.45, 2.75) is 32.6 Å². The molecule has 0 heterocycles. The lowest BCUT2D eigenvalue weighted by atomic mass is 9.82. The van der Waals surface area contributed by atoms with Crippen LogP contribution in [0.25, 0.3) is 0 Å². The molecule has 1 fully saturated rings. The molecule has 0 amide bonds. The molecular weight excluding hydrogens is 136 g/mol. The zero-order chi connectivity index (χ0) is 8.10. The third kappa shape index (κ3) is 3.06. The smallest absolute Gasteiger partial charge is 0.0612 e. The van der Waals surface area contributed by atoms with Crippen LogP contribution in [-0.4, -0.2) is 11.7 Å². The fourth-order valence-corrected chi connectivity index (χ4v) is 1.91. The van der Waals surface area contributed by atoms with Gasteiger partial charge < -0.3 is 5.11 Å². The highest BCUT2D eigenvalue weighted by Gasteiger charge is 2.15. The summed E-state index contributed by atoms with van der Waals surface area (Å²) in [5, 5.41) is 8.58. The zero-order valence-corrected chi connectivity index (χ0v) is 7.29. The van der Waals surface area contributed by atoms with E-state index in [4.69, 9.17) is 5.11 Å². The van der Waals surface area contributed by atoms with Crippen LogP contribution < -0.4 is 0 Å². The molecule has 0 aliphatic heterocycles. The third-order valence-electron chi connectivity index (χ3n) is 2.49. The highest BCUT2D eigenvalue weighted by atomic mass is 16.2. The van der Waals surface area contributed by atoms with Gasteiger partial charge in [0.2, 0.25) is 0 Å². The predicted molar refractivity (Wildman–Crippen MR) is 47.3 cm³/mol. The monoisotopic (exact) mass is 154 g/mol. The molecule has 2 atom stereocenters. The van der Waals surface area contributed by atoms with Gasteiger partial charge in [-0.15, -0.1) is 0 Å². The van der Waals surface area contributed by atoms with Crippen molar-refractivity contribution < 1.29 is 5.11 Å². The van der Waals surface area contributed by atoms with Crippen LogP contribution in [0.3, 0.4) is 0 Å². The normalized spacial score (nSPS) is 32.9. The number of hydrogen-bond acceptors (Lipinski definition) is 1. The second-order valence-corrected chi connectivity index (χ2v) is 3.64. The summed E-state index contributed by atoms with van der Waals surface area (Å²) in [4.78, 5) is 0. The van der Waals surface area contributed by atoms with Crippen molar-refractivity contribution in [2.24, 2.45) is 11.8 Å². The Hall–Kier alpha value is -0.300. The minimum atomic E-state index is 0.199. The van der Waals surface area contributed by atoms with Crippen molar-refractivity contribution in [3.05, 3.63) is 12.2 Å². The summed E-state index contributed by atoms with van der Waals surface area (Å²) in [6.45, 7) is 2.52. The van der Waals surface area contributed by atoms with Crippen molar-refractivity contribution in [1.82, 2.24) is 0 Å². The topological polar surface area (TPSA) is 20.2 Å². The van der Waals surface area contributed by atoms with E-state index in [2.05, 4.69) is 13.0 Å². The van der Waals surface area contributed by atoms with Crippen LogP contribution in [0.1, 0.15) is 32.6 Å². The molecule has 1 saturated carbocycles. The van der Waals surface area contributed by atoms with Gasteiger partial charge in [-0.2, -0.15) is 0 Å². The lowest BCUT2D eigenvalue weighted by Crippen LogP contribution is -2.10. The molecule has 1 N–H and O–H groups in total. The Morgan fingerprint density at radius 3 is 2.91 bits per heavy atom. The lowest BCUT2D eigenvalue weighted by molar-refractivity contribution is 0.318. The molecule has 0 bridgehead atoms. The first-order valence-corrected chi connectivity index (χ1v) is 4.60. The van der Waals surface area contributed by atoms with E-state index in [-0.39, 0.29) is 6.61 Å². The van der Waals surface area contributed by atoms with Gasteiger partial charge in [0.25, 0.3) is 0 Å². The van der Waals surface area contributed by atoms with Crippen molar-refractivity contribution >= 4 is 0 Å². The van der Waals surface area contributed by atoms with Gasteiger partial charge in [-0.25, -0.2) is 0 Å². The predicted octanol–water partition coefficient (Wildman–Crippen LogP) is 2.36. The standard InChI is InChI=1S/C10H18O/c1-9-4-2-5-10(8-9)6-3-7-11/h3,6,9-11H,2,4-5,7-8H2,1H3. The summed E-state index contributed by atoms with van der Waals surface area (Å²) in [5.74, 6) is 1.63. The van der Waals surface area contributed by atoms with Crippen LogP contribution in [0.4, 0.5) is 0 Å². The van der Waals surface area contributed by atoms with Gasteiger partial charge in [0, 0.05) is 0 Å². The van der Waals surface area contributed by atoms with Crippen molar-refractivity contribution in [3.63, 3.8) is 0 Å². The van der Waals surface area contributed by atoms with Gasteiger partial charge in [-0.1, -0.05) is 31.9 Å². The van der Waals surface area contributed by atoms with Crippen LogP contribution >= 0.6 is 0 Å². The van der Waals surface area contributed by atoms with E-state index in [0.717, 1.165) is 11.8 Å². The minimum absolute atomic E-state index is 0.199. The molecule has 2 unspecified atom stereocenters. The molecule has 0 radical (unpaired) electrons. The maximum absolute atomic E-state index is 8.58. The quantitative estimate of drug-likeness (QED) is 0.605. The summed E-state index contributed by atoms with van der Waals surface area (Å²) >= 11 is 0. The van der Waals surface area contributed by atoms with Crippen LogP contribution in [-0.2, 0) is 0 Å². The molecule has 64 valence electrons. The van der Waals surface area contributed by atoms with Gasteiger partial charge >= 0.3 is 0 Å². The Morgan fingerprint density at radius 1 is 1.45 bits per heavy atom. The largest absolute Gasteiger partial charge is 0.392 e. The average molecular weight is 154 g/mol. The fourth-order valence-electron chi connectivity index (χ4n) is 1.91. The first-order valence-electron chi connectivity index (χ1n) is 4.60. The molecule has 0 aromatic carbocycles. The lowest BCUT2D eigenvalue weighted by Gasteiger charge is -2.23. The van der Waals surface area contributed by atoms with Gasteiger partial charge in [-0.3, -0.25) is 0 Å². The Morgan fingerprint density at radius 2 is 2.27 bits per heavy atom. The fraction of sp³-hybridized carbons (Fsp3) is 0.800. The molecule has 1 heteroatoms. The van der Waals surface area contributed by atoms with Crippen LogP contribution in [0.2, 0.25) is 0 Å². The number of aliphatic hydroxyl groups excluding tert-OH is 1. The second-order valence-electron chi connectivity index (χ2n) is 3.64. The van der Waals surface area contributed by atoms with E-state index in [9.17, 15) is 0 Å². The molecule has 1 aliphatic rings. The van der Waals surface area contributed by atoms with Gasteiger partial charge in [0.1, 0.15) is 0 Å². The summed E-state index contributed by atoms with van der Waals surface area (Å²) in [6, 6.07) is 0. The molecule has 1 nitrogen and oxygen atoms in total. The number of rotatable bonds is 2.